The van der Waals surface area contributed by atoms with Crippen LogP contribution in [0.3, 0.4) is 0 Å². The van der Waals surface area contributed by atoms with Gasteiger partial charge in [-0.15, -0.1) is 10.2 Å². The van der Waals surface area contributed by atoms with Crippen LogP contribution >= 0.6 is 0 Å². The predicted molar refractivity (Wildman–Crippen MR) is 50.7 cm³/mol. The molecule has 16 heavy (non-hydrogen) atoms. The van der Waals surface area contributed by atoms with Crippen LogP contribution in [0.25, 0.3) is 0 Å². The van der Waals surface area contributed by atoms with Crippen molar-refractivity contribution in [3.05, 3.63) is 11.6 Å². The summed E-state index contributed by atoms with van der Waals surface area (Å²) in [7, 11) is 0. The van der Waals surface area contributed by atoms with E-state index in [0.717, 1.165) is 12.2 Å². The monoisotopic (exact) mass is 234 g/mol. The average Bonchev–Trinajstić information content (AvgIpc) is 2.56. The van der Waals surface area contributed by atoms with Gasteiger partial charge in [0, 0.05) is 25.4 Å². The molecule has 1 unspecified atom stereocenters. The van der Waals surface area contributed by atoms with E-state index in [9.17, 15) is 13.2 Å². The third kappa shape index (κ3) is 2.52. The van der Waals surface area contributed by atoms with Crippen LogP contribution in [0, 0.1) is 0 Å². The van der Waals surface area contributed by atoms with E-state index >= 15 is 0 Å². The molecule has 1 aromatic rings. The molecule has 0 saturated carbocycles. The minimum absolute atomic E-state index is 0.00635. The molecule has 2 N–H and O–H groups in total. The molecule has 1 aromatic heterocycles. The Kier molecular flexibility index (Phi) is 2.88. The summed E-state index contributed by atoms with van der Waals surface area (Å²) in [5.41, 5.74) is 5.76. The molecule has 7 heteroatoms. The first-order chi connectivity index (χ1) is 7.46. The standard InChI is InChI=1S/C9H13F3N4/c10-9(11,12)4-3-8-15-14-7-2-1-6(13)5-16(7)8/h6H,1-5,13H2. The van der Waals surface area contributed by atoms with Crippen LogP contribution in [0.15, 0.2) is 0 Å². The molecular weight excluding hydrogens is 221 g/mol. The number of nitrogens with zero attached hydrogens (tertiary/aromatic N) is 3. The van der Waals surface area contributed by atoms with E-state index in [1.807, 2.05) is 0 Å². The second kappa shape index (κ2) is 4.04. The van der Waals surface area contributed by atoms with Crippen LogP contribution in [0.5, 0.6) is 0 Å². The molecule has 0 fully saturated rings. The summed E-state index contributed by atoms with van der Waals surface area (Å²) in [6, 6.07) is -0.00635. The van der Waals surface area contributed by atoms with Crippen LogP contribution in [-0.4, -0.2) is 27.0 Å². The molecule has 0 saturated heterocycles. The highest BCUT2D eigenvalue weighted by atomic mass is 19.4. The molecular formula is C9H13F3N4. The molecule has 0 aromatic carbocycles. The zero-order valence-corrected chi connectivity index (χ0v) is 8.67. The fourth-order valence-electron chi connectivity index (χ4n) is 1.85. The van der Waals surface area contributed by atoms with Crippen LogP contribution < -0.4 is 5.73 Å². The lowest BCUT2D eigenvalue weighted by Gasteiger charge is -2.20. The smallest absolute Gasteiger partial charge is 0.326 e. The Bertz CT molecular complexity index is 371. The number of hydrogen-bond donors (Lipinski definition) is 1. The minimum atomic E-state index is -4.15. The summed E-state index contributed by atoms with van der Waals surface area (Å²) < 4.78 is 37.9. The molecule has 2 heterocycles. The molecule has 0 aliphatic carbocycles. The summed E-state index contributed by atoms with van der Waals surface area (Å²) in [6.07, 6.45) is -3.62. The summed E-state index contributed by atoms with van der Waals surface area (Å²) in [6.45, 7) is 0.523. The first-order valence-electron chi connectivity index (χ1n) is 5.19. The van der Waals surface area contributed by atoms with Crippen LogP contribution in [-0.2, 0) is 19.4 Å². The number of rotatable bonds is 2. The molecule has 0 radical (unpaired) electrons. The normalized spacial score (nSPS) is 20.9. The van der Waals surface area contributed by atoms with E-state index < -0.39 is 12.6 Å². The average molecular weight is 234 g/mol. The highest BCUT2D eigenvalue weighted by Crippen LogP contribution is 2.22. The topological polar surface area (TPSA) is 56.7 Å². The molecule has 1 atom stereocenters. The van der Waals surface area contributed by atoms with Crippen molar-refractivity contribution in [3.8, 4) is 0 Å². The van der Waals surface area contributed by atoms with Gasteiger partial charge in [-0.1, -0.05) is 0 Å². The lowest BCUT2D eigenvalue weighted by atomic mass is 10.1. The number of alkyl halides is 3. The maximum absolute atomic E-state index is 12.1. The molecule has 0 bridgehead atoms. The van der Waals surface area contributed by atoms with E-state index in [2.05, 4.69) is 10.2 Å². The first kappa shape index (κ1) is 11.4. The Labute approximate surface area is 90.6 Å². The summed E-state index contributed by atoms with van der Waals surface area (Å²) in [5, 5.41) is 7.67. The van der Waals surface area contributed by atoms with E-state index in [4.69, 9.17) is 5.73 Å². The SMILES string of the molecule is NC1CCc2nnc(CCC(F)(F)F)n2C1. The van der Waals surface area contributed by atoms with Gasteiger partial charge in [0.05, 0.1) is 6.42 Å². The van der Waals surface area contributed by atoms with Crippen molar-refractivity contribution >= 4 is 0 Å². The first-order valence-corrected chi connectivity index (χ1v) is 5.19. The maximum Gasteiger partial charge on any atom is 0.389 e. The van der Waals surface area contributed by atoms with Crippen molar-refractivity contribution in [1.29, 1.82) is 0 Å². The second-order valence-corrected chi connectivity index (χ2v) is 4.06. The zero-order chi connectivity index (χ0) is 11.8. The molecule has 0 amide bonds. The highest BCUT2D eigenvalue weighted by Gasteiger charge is 2.29. The van der Waals surface area contributed by atoms with Crippen molar-refractivity contribution in [1.82, 2.24) is 14.8 Å². The number of aryl methyl sites for hydroxylation is 2. The Morgan fingerprint density at radius 3 is 2.81 bits per heavy atom. The second-order valence-electron chi connectivity index (χ2n) is 4.06. The van der Waals surface area contributed by atoms with Gasteiger partial charge in [0.1, 0.15) is 11.6 Å². The molecule has 90 valence electrons. The van der Waals surface area contributed by atoms with E-state index in [1.54, 1.807) is 4.57 Å². The van der Waals surface area contributed by atoms with Gasteiger partial charge < -0.3 is 10.3 Å². The van der Waals surface area contributed by atoms with Gasteiger partial charge in [-0.3, -0.25) is 0 Å². The number of aromatic nitrogens is 3. The Morgan fingerprint density at radius 2 is 2.12 bits per heavy atom. The molecule has 0 spiro atoms. The van der Waals surface area contributed by atoms with E-state index in [0.29, 0.717) is 18.8 Å². The van der Waals surface area contributed by atoms with E-state index in [-0.39, 0.29) is 12.5 Å². The predicted octanol–water partition coefficient (Wildman–Crippen LogP) is 1.05. The van der Waals surface area contributed by atoms with Crippen LogP contribution in [0.2, 0.25) is 0 Å². The highest BCUT2D eigenvalue weighted by molar-refractivity contribution is 5.01. The Morgan fingerprint density at radius 1 is 1.38 bits per heavy atom. The van der Waals surface area contributed by atoms with Gasteiger partial charge in [-0.25, -0.2) is 0 Å². The molecule has 4 nitrogen and oxygen atoms in total. The number of fused-ring (bicyclic) bond motifs is 1. The number of nitrogens with two attached hydrogens (primary N) is 1. The fraction of sp³-hybridized carbons (Fsp3) is 0.778. The minimum Gasteiger partial charge on any atom is -0.326 e. The van der Waals surface area contributed by atoms with Gasteiger partial charge in [0.2, 0.25) is 0 Å². The Balaban J connectivity index is 2.08. The van der Waals surface area contributed by atoms with Gasteiger partial charge in [0.15, 0.2) is 0 Å². The summed E-state index contributed by atoms with van der Waals surface area (Å²) in [4.78, 5) is 0. The largest absolute Gasteiger partial charge is 0.389 e. The fourth-order valence-corrected chi connectivity index (χ4v) is 1.85. The molecule has 1 aliphatic heterocycles. The lowest BCUT2D eigenvalue weighted by molar-refractivity contribution is -0.134. The van der Waals surface area contributed by atoms with Crippen molar-refractivity contribution in [2.24, 2.45) is 5.73 Å². The van der Waals surface area contributed by atoms with Gasteiger partial charge in [0.25, 0.3) is 0 Å². The quantitative estimate of drug-likeness (QED) is 0.832. The molecule has 1 aliphatic rings. The van der Waals surface area contributed by atoms with Crippen LogP contribution in [0.1, 0.15) is 24.5 Å². The third-order valence-corrected chi connectivity index (χ3v) is 2.69. The number of hydrogen-bond acceptors (Lipinski definition) is 3. The van der Waals surface area contributed by atoms with Crippen molar-refractivity contribution < 1.29 is 13.2 Å². The van der Waals surface area contributed by atoms with E-state index in [1.165, 1.54) is 0 Å². The van der Waals surface area contributed by atoms with Gasteiger partial charge in [-0.05, 0) is 6.42 Å². The van der Waals surface area contributed by atoms with Gasteiger partial charge in [-0.2, -0.15) is 13.2 Å². The van der Waals surface area contributed by atoms with Crippen LogP contribution in [0.4, 0.5) is 13.2 Å². The van der Waals surface area contributed by atoms with Crippen molar-refractivity contribution in [3.63, 3.8) is 0 Å². The van der Waals surface area contributed by atoms with Crippen molar-refractivity contribution in [2.75, 3.05) is 0 Å². The van der Waals surface area contributed by atoms with Crippen molar-refractivity contribution in [2.45, 2.75) is 44.4 Å². The third-order valence-electron chi connectivity index (χ3n) is 2.69. The maximum atomic E-state index is 12.1. The summed E-state index contributed by atoms with van der Waals surface area (Å²) in [5.74, 6) is 1.14. The molecule has 2 rings (SSSR count). The number of halogens is 3. The lowest BCUT2D eigenvalue weighted by Crippen LogP contribution is -2.32. The summed E-state index contributed by atoms with van der Waals surface area (Å²) >= 11 is 0. The Hall–Kier alpha value is -1.11. The van der Waals surface area contributed by atoms with Gasteiger partial charge >= 0.3 is 6.18 Å². The zero-order valence-electron chi connectivity index (χ0n) is 8.67.